The molecular formula is C18H18ClNO4S. The molecule has 2 aromatic rings. The lowest BCUT2D eigenvalue weighted by Gasteiger charge is -2.06. The predicted octanol–water partition coefficient (Wildman–Crippen LogP) is 3.53. The van der Waals surface area contributed by atoms with E-state index in [1.807, 2.05) is 13.0 Å². The Kier molecular flexibility index (Phi) is 7.16. The number of hydrogen-bond donors (Lipinski definition) is 1. The normalized spacial score (nSPS) is 10.3. The molecule has 1 N–H and O–H groups in total. The summed E-state index contributed by atoms with van der Waals surface area (Å²) in [7, 11) is 0. The van der Waals surface area contributed by atoms with Gasteiger partial charge in [-0.2, -0.15) is 0 Å². The van der Waals surface area contributed by atoms with Gasteiger partial charge in [-0.1, -0.05) is 23.7 Å². The molecule has 0 saturated heterocycles. The summed E-state index contributed by atoms with van der Waals surface area (Å²) in [5, 5.41) is 3.26. The maximum atomic E-state index is 11.9. The van der Waals surface area contributed by atoms with E-state index in [4.69, 9.17) is 16.3 Å². The van der Waals surface area contributed by atoms with Crippen molar-refractivity contribution in [2.24, 2.45) is 0 Å². The maximum absolute atomic E-state index is 11.9. The van der Waals surface area contributed by atoms with Gasteiger partial charge in [0.1, 0.15) is 0 Å². The van der Waals surface area contributed by atoms with E-state index >= 15 is 0 Å². The fourth-order valence-corrected chi connectivity index (χ4v) is 2.96. The van der Waals surface area contributed by atoms with Gasteiger partial charge in [0, 0.05) is 22.9 Å². The largest absolute Gasteiger partial charge is 0.456 e. The topological polar surface area (TPSA) is 72.5 Å². The summed E-state index contributed by atoms with van der Waals surface area (Å²) in [6, 6.07) is 10.7. The summed E-state index contributed by atoms with van der Waals surface area (Å²) in [6.45, 7) is 1.88. The van der Waals surface area contributed by atoms with E-state index in [-0.39, 0.29) is 25.2 Å². The van der Waals surface area contributed by atoms with Gasteiger partial charge in [-0.3, -0.25) is 14.4 Å². The number of halogens is 1. The fourth-order valence-electron chi connectivity index (χ4n) is 2.00. The van der Waals surface area contributed by atoms with Gasteiger partial charge in [0.05, 0.1) is 11.3 Å². The number of rotatable bonds is 8. The maximum Gasteiger partial charge on any atom is 0.306 e. The molecule has 0 saturated carbocycles. The smallest absolute Gasteiger partial charge is 0.306 e. The highest BCUT2D eigenvalue weighted by Crippen LogP contribution is 2.17. The Balaban J connectivity index is 1.64. The molecule has 25 heavy (non-hydrogen) atoms. The summed E-state index contributed by atoms with van der Waals surface area (Å²) >= 11 is 7.18. The molecule has 1 aromatic carbocycles. The molecule has 2 rings (SSSR count). The van der Waals surface area contributed by atoms with Gasteiger partial charge < -0.3 is 10.1 Å². The van der Waals surface area contributed by atoms with Crippen molar-refractivity contribution in [3.63, 3.8) is 0 Å². The molecule has 1 heterocycles. The van der Waals surface area contributed by atoms with Crippen molar-refractivity contribution in [1.82, 2.24) is 5.32 Å². The van der Waals surface area contributed by atoms with E-state index in [1.54, 1.807) is 30.3 Å². The van der Waals surface area contributed by atoms with Crippen molar-refractivity contribution in [2.75, 3.05) is 6.61 Å². The summed E-state index contributed by atoms with van der Waals surface area (Å²) in [5.74, 6) is -1.06. The molecule has 132 valence electrons. The average Bonchev–Trinajstić information content (AvgIpc) is 3.04. The number of carbonyl (C=O) groups is 3. The van der Waals surface area contributed by atoms with Gasteiger partial charge >= 0.3 is 5.97 Å². The summed E-state index contributed by atoms with van der Waals surface area (Å²) in [5.41, 5.74) is 0.890. The zero-order valence-corrected chi connectivity index (χ0v) is 15.3. The van der Waals surface area contributed by atoms with Crippen molar-refractivity contribution in [3.8, 4) is 0 Å². The third kappa shape index (κ3) is 6.68. The molecule has 0 aliphatic carbocycles. The first-order valence-electron chi connectivity index (χ1n) is 7.70. The standard InChI is InChI=1S/C18H18ClNO4S/c1-12-2-8-16(25-12)15(21)7-9-18(23)24-11-17(22)20-10-13-3-5-14(19)6-4-13/h2-6,8H,7,9-11H2,1H3,(H,20,22). The Bertz CT molecular complexity index is 755. The predicted molar refractivity (Wildman–Crippen MR) is 96.9 cm³/mol. The zero-order valence-electron chi connectivity index (χ0n) is 13.7. The minimum absolute atomic E-state index is 0.0414. The second-order valence-corrected chi connectivity index (χ2v) is 7.12. The van der Waals surface area contributed by atoms with Gasteiger partial charge in [-0.25, -0.2) is 0 Å². The van der Waals surface area contributed by atoms with Gasteiger partial charge in [-0.15, -0.1) is 11.3 Å². The fraction of sp³-hybridized carbons (Fsp3) is 0.278. The van der Waals surface area contributed by atoms with Gasteiger partial charge in [0.2, 0.25) is 0 Å². The van der Waals surface area contributed by atoms with E-state index < -0.39 is 11.9 Å². The third-order valence-electron chi connectivity index (χ3n) is 3.34. The lowest BCUT2D eigenvalue weighted by Crippen LogP contribution is -2.28. The summed E-state index contributed by atoms with van der Waals surface area (Å²) < 4.78 is 4.88. The molecular weight excluding hydrogens is 362 g/mol. The highest BCUT2D eigenvalue weighted by Gasteiger charge is 2.13. The van der Waals surface area contributed by atoms with Crippen molar-refractivity contribution < 1.29 is 19.1 Å². The lowest BCUT2D eigenvalue weighted by molar-refractivity contribution is -0.148. The average molecular weight is 380 g/mol. The number of thiophene rings is 1. The molecule has 0 bridgehead atoms. The molecule has 0 unspecified atom stereocenters. The lowest BCUT2D eigenvalue weighted by atomic mass is 10.2. The van der Waals surface area contributed by atoms with Crippen LogP contribution in [0.5, 0.6) is 0 Å². The van der Waals surface area contributed by atoms with E-state index in [2.05, 4.69) is 5.32 Å². The van der Waals surface area contributed by atoms with Gasteiger partial charge in [0.15, 0.2) is 12.4 Å². The molecule has 0 spiro atoms. The first kappa shape index (κ1) is 19.1. The molecule has 0 aliphatic heterocycles. The van der Waals surface area contributed by atoms with Gasteiger partial charge in [0.25, 0.3) is 5.91 Å². The number of aryl methyl sites for hydroxylation is 1. The Hall–Kier alpha value is -2.18. The molecule has 0 aliphatic rings. The Morgan fingerprint density at radius 1 is 1.08 bits per heavy atom. The number of ketones is 1. The third-order valence-corrected chi connectivity index (χ3v) is 4.63. The van der Waals surface area contributed by atoms with Crippen LogP contribution in [0.25, 0.3) is 0 Å². The quantitative estimate of drug-likeness (QED) is 0.562. The molecule has 1 amide bonds. The van der Waals surface area contributed by atoms with Crippen molar-refractivity contribution >= 4 is 40.6 Å². The number of benzene rings is 1. The molecule has 7 heteroatoms. The highest BCUT2D eigenvalue weighted by molar-refractivity contribution is 7.14. The second-order valence-electron chi connectivity index (χ2n) is 5.40. The highest BCUT2D eigenvalue weighted by atomic mass is 35.5. The Labute approximate surface area is 154 Å². The molecule has 1 aromatic heterocycles. The number of nitrogens with one attached hydrogen (secondary N) is 1. The SMILES string of the molecule is Cc1ccc(C(=O)CCC(=O)OCC(=O)NCc2ccc(Cl)cc2)s1. The van der Waals surface area contributed by atoms with Crippen LogP contribution in [-0.4, -0.2) is 24.3 Å². The second kappa shape index (κ2) is 9.34. The molecule has 0 fully saturated rings. The Morgan fingerprint density at radius 3 is 2.44 bits per heavy atom. The van der Waals surface area contributed by atoms with Crippen molar-refractivity contribution in [1.29, 1.82) is 0 Å². The monoisotopic (exact) mass is 379 g/mol. The molecule has 5 nitrogen and oxygen atoms in total. The van der Waals surface area contributed by atoms with Crippen LogP contribution in [0.15, 0.2) is 36.4 Å². The van der Waals surface area contributed by atoms with E-state index in [0.717, 1.165) is 10.4 Å². The van der Waals surface area contributed by atoms with Crippen LogP contribution in [0.3, 0.4) is 0 Å². The van der Waals surface area contributed by atoms with Crippen LogP contribution >= 0.6 is 22.9 Å². The van der Waals surface area contributed by atoms with E-state index in [9.17, 15) is 14.4 Å². The first-order chi connectivity index (χ1) is 11.9. The number of esters is 1. The van der Waals surface area contributed by atoms with Crippen LogP contribution in [0.1, 0.15) is 33.0 Å². The van der Waals surface area contributed by atoms with Crippen LogP contribution in [0.4, 0.5) is 0 Å². The molecule has 0 atom stereocenters. The number of ether oxygens (including phenoxy) is 1. The van der Waals surface area contributed by atoms with Crippen LogP contribution < -0.4 is 5.32 Å². The van der Waals surface area contributed by atoms with E-state index in [1.165, 1.54) is 11.3 Å². The number of hydrogen-bond acceptors (Lipinski definition) is 5. The van der Waals surface area contributed by atoms with E-state index in [0.29, 0.717) is 16.4 Å². The van der Waals surface area contributed by atoms with Crippen LogP contribution in [0.2, 0.25) is 5.02 Å². The van der Waals surface area contributed by atoms with Crippen LogP contribution in [-0.2, 0) is 20.9 Å². The van der Waals surface area contributed by atoms with Crippen LogP contribution in [0, 0.1) is 6.92 Å². The first-order valence-corrected chi connectivity index (χ1v) is 8.90. The molecule has 0 radical (unpaired) electrons. The number of Topliss-reactive ketones (excluding diaryl/α,β-unsaturated/α-hetero) is 1. The minimum atomic E-state index is -0.566. The summed E-state index contributed by atoms with van der Waals surface area (Å²) in [6.07, 6.45) is 0.0332. The van der Waals surface area contributed by atoms with Crippen molar-refractivity contribution in [2.45, 2.75) is 26.3 Å². The van der Waals surface area contributed by atoms with Gasteiger partial charge in [-0.05, 0) is 36.8 Å². The minimum Gasteiger partial charge on any atom is -0.456 e. The Morgan fingerprint density at radius 2 is 1.80 bits per heavy atom. The number of amides is 1. The number of carbonyl (C=O) groups excluding carboxylic acids is 3. The zero-order chi connectivity index (χ0) is 18.2. The van der Waals surface area contributed by atoms with Crippen molar-refractivity contribution in [3.05, 3.63) is 56.7 Å². The summed E-state index contributed by atoms with van der Waals surface area (Å²) in [4.78, 5) is 36.9.